The molecule has 1 aromatic carbocycles. The Balaban J connectivity index is 1.37. The Labute approximate surface area is 155 Å². The van der Waals surface area contributed by atoms with Crippen LogP contribution in [0.25, 0.3) is 5.69 Å². The van der Waals surface area contributed by atoms with Crippen molar-refractivity contribution in [3.05, 3.63) is 51.7 Å². The molecule has 3 aromatic rings. The number of carbonyl (C=O) groups excluding carboxylic acids is 1. The summed E-state index contributed by atoms with van der Waals surface area (Å²) in [6.45, 7) is 0.583. The molecule has 1 aliphatic rings. The van der Waals surface area contributed by atoms with E-state index in [-0.39, 0.29) is 5.91 Å². The molecule has 0 saturated heterocycles. The highest BCUT2D eigenvalue weighted by molar-refractivity contribution is 7.11. The first-order chi connectivity index (χ1) is 12.7. The standard InChI is InChI=1S/C18H20N6OS/c1-23(11-17-20-15-4-2-3-5-16(15)26-17)18(25)10-13-6-8-14(9-7-13)24-12-19-21-22-24/h6-9,12H,2-5,10-11H2,1H3. The quantitative estimate of drug-likeness (QED) is 0.690. The molecule has 0 aliphatic heterocycles. The number of aryl methyl sites for hydroxylation is 2. The summed E-state index contributed by atoms with van der Waals surface area (Å²) < 4.78 is 1.59. The third-order valence-electron chi connectivity index (χ3n) is 4.59. The predicted octanol–water partition coefficient (Wildman–Crippen LogP) is 2.20. The molecule has 4 rings (SSSR count). The highest BCUT2D eigenvalue weighted by Gasteiger charge is 2.17. The zero-order chi connectivity index (χ0) is 17.9. The summed E-state index contributed by atoms with van der Waals surface area (Å²) in [6, 6.07) is 7.69. The monoisotopic (exact) mass is 368 g/mol. The molecule has 8 heteroatoms. The van der Waals surface area contributed by atoms with Crippen LogP contribution in [-0.4, -0.2) is 43.0 Å². The molecular weight excluding hydrogens is 348 g/mol. The van der Waals surface area contributed by atoms with Crippen molar-refractivity contribution >= 4 is 17.2 Å². The van der Waals surface area contributed by atoms with E-state index >= 15 is 0 Å². The fourth-order valence-electron chi connectivity index (χ4n) is 3.12. The van der Waals surface area contributed by atoms with E-state index < -0.39 is 0 Å². The van der Waals surface area contributed by atoms with Gasteiger partial charge in [-0.3, -0.25) is 4.79 Å². The molecule has 0 radical (unpaired) electrons. The second-order valence-corrected chi connectivity index (χ2v) is 7.70. The average Bonchev–Trinajstić information content (AvgIpc) is 3.31. The maximum Gasteiger partial charge on any atom is 0.227 e. The van der Waals surface area contributed by atoms with Gasteiger partial charge in [0.2, 0.25) is 5.91 Å². The molecule has 0 saturated carbocycles. The lowest BCUT2D eigenvalue weighted by atomic mass is 10.0. The van der Waals surface area contributed by atoms with Gasteiger partial charge in [0.25, 0.3) is 0 Å². The first-order valence-electron chi connectivity index (χ1n) is 8.73. The summed E-state index contributed by atoms with van der Waals surface area (Å²) in [5, 5.41) is 12.1. The van der Waals surface area contributed by atoms with Gasteiger partial charge >= 0.3 is 0 Å². The molecule has 0 atom stereocenters. The van der Waals surface area contributed by atoms with Crippen LogP contribution in [-0.2, 0) is 30.6 Å². The fourth-order valence-corrected chi connectivity index (χ4v) is 4.33. The maximum atomic E-state index is 12.5. The van der Waals surface area contributed by atoms with E-state index in [2.05, 4.69) is 15.5 Å². The molecule has 1 amide bonds. The summed E-state index contributed by atoms with van der Waals surface area (Å²) >= 11 is 1.76. The van der Waals surface area contributed by atoms with Gasteiger partial charge in [0, 0.05) is 11.9 Å². The SMILES string of the molecule is CN(Cc1nc2c(s1)CCCC2)C(=O)Cc1ccc(-n2cnnn2)cc1. The molecule has 2 aromatic heterocycles. The Hall–Kier alpha value is -2.61. The molecule has 134 valence electrons. The second-order valence-electron chi connectivity index (χ2n) is 6.53. The number of likely N-dealkylation sites (N-methyl/N-ethyl adjacent to an activating group) is 1. The van der Waals surface area contributed by atoms with Crippen LogP contribution in [0.1, 0.15) is 34.0 Å². The van der Waals surface area contributed by atoms with Crippen molar-refractivity contribution < 1.29 is 4.79 Å². The average molecular weight is 368 g/mol. The topological polar surface area (TPSA) is 76.8 Å². The normalized spacial score (nSPS) is 13.4. The Kier molecular flexibility index (Phi) is 4.75. The minimum Gasteiger partial charge on any atom is -0.339 e. The van der Waals surface area contributed by atoms with Crippen molar-refractivity contribution in [2.24, 2.45) is 0 Å². The van der Waals surface area contributed by atoms with Crippen LogP contribution >= 0.6 is 11.3 Å². The van der Waals surface area contributed by atoms with Gasteiger partial charge in [0.05, 0.1) is 24.3 Å². The van der Waals surface area contributed by atoms with Gasteiger partial charge in [-0.1, -0.05) is 12.1 Å². The first-order valence-corrected chi connectivity index (χ1v) is 9.54. The van der Waals surface area contributed by atoms with Crippen molar-refractivity contribution in [2.45, 2.75) is 38.6 Å². The molecule has 26 heavy (non-hydrogen) atoms. The van der Waals surface area contributed by atoms with E-state index in [1.807, 2.05) is 31.3 Å². The molecule has 0 N–H and O–H groups in total. The van der Waals surface area contributed by atoms with E-state index in [0.29, 0.717) is 13.0 Å². The summed E-state index contributed by atoms with van der Waals surface area (Å²) in [5.74, 6) is 0.0911. The van der Waals surface area contributed by atoms with E-state index in [9.17, 15) is 4.79 Å². The maximum absolute atomic E-state index is 12.5. The largest absolute Gasteiger partial charge is 0.339 e. The highest BCUT2D eigenvalue weighted by Crippen LogP contribution is 2.27. The van der Waals surface area contributed by atoms with E-state index in [0.717, 1.165) is 29.1 Å². The number of tetrazole rings is 1. The number of hydrogen-bond acceptors (Lipinski definition) is 6. The second kappa shape index (κ2) is 7.33. The minimum absolute atomic E-state index is 0.0911. The fraction of sp³-hybridized carbons (Fsp3) is 0.389. The van der Waals surface area contributed by atoms with Crippen molar-refractivity contribution in [3.63, 3.8) is 0 Å². The third kappa shape index (κ3) is 3.65. The van der Waals surface area contributed by atoms with Crippen LogP contribution in [0, 0.1) is 0 Å². The van der Waals surface area contributed by atoms with Crippen LogP contribution in [0.15, 0.2) is 30.6 Å². The summed E-state index contributed by atoms with van der Waals surface area (Å²) in [6.07, 6.45) is 6.62. The number of hydrogen-bond donors (Lipinski definition) is 0. The van der Waals surface area contributed by atoms with Gasteiger partial charge in [0.1, 0.15) is 11.3 Å². The summed E-state index contributed by atoms with van der Waals surface area (Å²) in [7, 11) is 1.85. The van der Waals surface area contributed by atoms with E-state index in [4.69, 9.17) is 4.98 Å². The number of fused-ring (bicyclic) bond motifs is 1. The number of carbonyl (C=O) groups is 1. The number of nitrogens with zero attached hydrogens (tertiary/aromatic N) is 6. The molecule has 7 nitrogen and oxygen atoms in total. The van der Waals surface area contributed by atoms with Crippen molar-refractivity contribution in [3.8, 4) is 5.69 Å². The molecule has 1 aliphatic carbocycles. The molecule has 2 heterocycles. The number of rotatable bonds is 5. The number of thiazole rings is 1. The Morgan fingerprint density at radius 1 is 1.23 bits per heavy atom. The Morgan fingerprint density at radius 2 is 2.04 bits per heavy atom. The van der Waals surface area contributed by atoms with Crippen molar-refractivity contribution in [2.75, 3.05) is 7.05 Å². The molecular formula is C18H20N6OS. The van der Waals surface area contributed by atoms with Crippen LogP contribution in [0.2, 0.25) is 0 Å². The van der Waals surface area contributed by atoms with Gasteiger partial charge in [-0.05, 0) is 53.8 Å². The minimum atomic E-state index is 0.0911. The number of benzene rings is 1. The van der Waals surface area contributed by atoms with E-state index in [1.165, 1.54) is 23.4 Å². The lowest BCUT2D eigenvalue weighted by Gasteiger charge is -2.15. The van der Waals surface area contributed by atoms with Crippen LogP contribution < -0.4 is 0 Å². The lowest BCUT2D eigenvalue weighted by Crippen LogP contribution is -2.27. The summed E-state index contributed by atoms with van der Waals surface area (Å²) in [4.78, 5) is 20.4. The zero-order valence-electron chi connectivity index (χ0n) is 14.6. The van der Waals surface area contributed by atoms with Crippen LogP contribution in [0.4, 0.5) is 0 Å². The van der Waals surface area contributed by atoms with Gasteiger partial charge < -0.3 is 4.90 Å². The first kappa shape index (κ1) is 16.8. The summed E-state index contributed by atoms with van der Waals surface area (Å²) in [5.41, 5.74) is 3.08. The lowest BCUT2D eigenvalue weighted by molar-refractivity contribution is -0.129. The Morgan fingerprint density at radius 3 is 2.77 bits per heavy atom. The number of amides is 1. The number of aromatic nitrogens is 5. The van der Waals surface area contributed by atoms with Gasteiger partial charge in [0.15, 0.2) is 0 Å². The van der Waals surface area contributed by atoms with Crippen molar-refractivity contribution in [1.82, 2.24) is 30.1 Å². The van der Waals surface area contributed by atoms with E-state index in [1.54, 1.807) is 27.2 Å². The zero-order valence-corrected chi connectivity index (χ0v) is 15.4. The Bertz CT molecular complexity index is 864. The predicted molar refractivity (Wildman–Crippen MR) is 98.1 cm³/mol. The van der Waals surface area contributed by atoms with Gasteiger partial charge in [-0.15, -0.1) is 16.4 Å². The smallest absolute Gasteiger partial charge is 0.227 e. The third-order valence-corrected chi connectivity index (χ3v) is 5.74. The highest BCUT2D eigenvalue weighted by atomic mass is 32.1. The van der Waals surface area contributed by atoms with Crippen LogP contribution in [0.3, 0.4) is 0 Å². The molecule has 0 unspecified atom stereocenters. The van der Waals surface area contributed by atoms with Crippen LogP contribution in [0.5, 0.6) is 0 Å². The van der Waals surface area contributed by atoms with Gasteiger partial charge in [-0.25, -0.2) is 9.67 Å². The van der Waals surface area contributed by atoms with Gasteiger partial charge in [-0.2, -0.15) is 0 Å². The molecule has 0 spiro atoms. The van der Waals surface area contributed by atoms with Crippen molar-refractivity contribution in [1.29, 1.82) is 0 Å². The molecule has 0 bridgehead atoms. The molecule has 0 fully saturated rings.